The Morgan fingerprint density at radius 3 is 2.57 bits per heavy atom. The van der Waals surface area contributed by atoms with E-state index in [4.69, 9.17) is 0 Å². The summed E-state index contributed by atoms with van der Waals surface area (Å²) in [5.74, 6) is 4.88. The number of ether oxygens (including phenoxy) is 1. The van der Waals surface area contributed by atoms with Gasteiger partial charge in [0, 0.05) is 12.0 Å². The largest absolute Gasteiger partial charge is 0.469 e. The fourth-order valence-corrected chi connectivity index (χ4v) is 4.24. The molecular formula is C24H33FO5. The molecule has 1 aliphatic carbocycles. The van der Waals surface area contributed by atoms with Crippen molar-refractivity contribution in [1.82, 2.24) is 0 Å². The number of aliphatic hydroxyl groups is 3. The zero-order valence-electron chi connectivity index (χ0n) is 17.6. The highest BCUT2D eigenvalue weighted by Crippen LogP contribution is 2.39. The summed E-state index contributed by atoms with van der Waals surface area (Å²) < 4.78 is 17.8. The van der Waals surface area contributed by atoms with Gasteiger partial charge < -0.3 is 20.1 Å². The third kappa shape index (κ3) is 8.06. The van der Waals surface area contributed by atoms with Gasteiger partial charge in [0.25, 0.3) is 0 Å². The van der Waals surface area contributed by atoms with Crippen molar-refractivity contribution in [3.05, 3.63) is 35.6 Å². The molecule has 1 fully saturated rings. The van der Waals surface area contributed by atoms with Gasteiger partial charge in [0.15, 0.2) is 0 Å². The molecule has 0 heterocycles. The number of rotatable bonds is 10. The van der Waals surface area contributed by atoms with Crippen LogP contribution in [-0.2, 0) is 9.53 Å². The average molecular weight is 421 g/mol. The Balaban J connectivity index is 1.76. The summed E-state index contributed by atoms with van der Waals surface area (Å²) in [7, 11) is 1.39. The Kier molecular flexibility index (Phi) is 10.3. The summed E-state index contributed by atoms with van der Waals surface area (Å²) in [5.41, 5.74) is 0.510. The molecule has 2 rings (SSSR count). The molecule has 0 aromatic heterocycles. The number of methoxy groups -OCH3 is 1. The molecule has 0 bridgehead atoms. The van der Waals surface area contributed by atoms with Crippen LogP contribution >= 0.6 is 0 Å². The van der Waals surface area contributed by atoms with Gasteiger partial charge in [-0.25, -0.2) is 4.39 Å². The Hall–Kier alpha value is -1.94. The van der Waals surface area contributed by atoms with E-state index in [0.717, 1.165) is 32.1 Å². The van der Waals surface area contributed by atoms with Crippen LogP contribution < -0.4 is 0 Å². The van der Waals surface area contributed by atoms with Crippen LogP contribution in [0, 0.1) is 29.5 Å². The number of unbranched alkanes of at least 4 members (excludes halogenated alkanes) is 3. The van der Waals surface area contributed by atoms with Gasteiger partial charge in [-0.1, -0.05) is 37.2 Å². The minimum absolute atomic E-state index is 0.00369. The molecule has 0 amide bonds. The monoisotopic (exact) mass is 420 g/mol. The van der Waals surface area contributed by atoms with Crippen molar-refractivity contribution in [3.8, 4) is 11.8 Å². The van der Waals surface area contributed by atoms with E-state index in [2.05, 4.69) is 16.6 Å². The lowest BCUT2D eigenvalue weighted by Crippen LogP contribution is -2.23. The first-order valence-electron chi connectivity index (χ1n) is 10.8. The molecule has 0 saturated heterocycles. The first-order chi connectivity index (χ1) is 14.4. The highest BCUT2D eigenvalue weighted by Gasteiger charge is 2.40. The van der Waals surface area contributed by atoms with Gasteiger partial charge in [0.1, 0.15) is 11.9 Å². The highest BCUT2D eigenvalue weighted by atomic mass is 19.1. The second-order valence-electron chi connectivity index (χ2n) is 8.10. The zero-order valence-corrected chi connectivity index (χ0v) is 17.6. The predicted octanol–water partition coefficient (Wildman–Crippen LogP) is 3.19. The van der Waals surface area contributed by atoms with Crippen molar-refractivity contribution in [3.63, 3.8) is 0 Å². The SMILES string of the molecule is COC(=O)CCCCCC[C@@H]1[C@@H](CCC(O)C#Cc2cccc(F)c2)[C@H](O)C[C@@H]1O. The first-order valence-corrected chi connectivity index (χ1v) is 10.8. The van der Waals surface area contributed by atoms with Crippen LogP contribution in [0.25, 0.3) is 0 Å². The van der Waals surface area contributed by atoms with E-state index in [-0.39, 0.29) is 23.6 Å². The van der Waals surface area contributed by atoms with Gasteiger partial charge in [-0.15, -0.1) is 0 Å². The number of esters is 1. The van der Waals surface area contributed by atoms with Crippen LogP contribution in [0.1, 0.15) is 63.4 Å². The molecule has 1 saturated carbocycles. The summed E-state index contributed by atoms with van der Waals surface area (Å²) in [5, 5.41) is 30.8. The third-order valence-corrected chi connectivity index (χ3v) is 5.90. The molecule has 1 aromatic rings. The molecule has 5 atom stereocenters. The maximum atomic E-state index is 13.2. The van der Waals surface area contributed by atoms with Crippen LogP contribution in [0.15, 0.2) is 24.3 Å². The van der Waals surface area contributed by atoms with Gasteiger partial charge in [0.05, 0.1) is 19.3 Å². The van der Waals surface area contributed by atoms with Crippen LogP contribution in [0.3, 0.4) is 0 Å². The molecule has 166 valence electrons. The van der Waals surface area contributed by atoms with E-state index in [1.54, 1.807) is 12.1 Å². The summed E-state index contributed by atoms with van der Waals surface area (Å²) in [6.07, 6.45) is 4.21. The zero-order chi connectivity index (χ0) is 21.9. The molecule has 3 N–H and O–H groups in total. The van der Waals surface area contributed by atoms with E-state index >= 15 is 0 Å². The third-order valence-electron chi connectivity index (χ3n) is 5.90. The lowest BCUT2D eigenvalue weighted by atomic mass is 9.85. The quantitative estimate of drug-likeness (QED) is 0.307. The van der Waals surface area contributed by atoms with Crippen molar-refractivity contribution in [2.24, 2.45) is 11.8 Å². The molecule has 6 heteroatoms. The maximum absolute atomic E-state index is 13.2. The topological polar surface area (TPSA) is 87.0 Å². The van der Waals surface area contributed by atoms with E-state index in [1.165, 1.54) is 19.2 Å². The summed E-state index contributed by atoms with van der Waals surface area (Å²) >= 11 is 0. The van der Waals surface area contributed by atoms with Crippen LogP contribution in [0.2, 0.25) is 0 Å². The highest BCUT2D eigenvalue weighted by molar-refractivity contribution is 5.68. The molecule has 1 aromatic carbocycles. The molecule has 0 aliphatic heterocycles. The number of carbonyl (C=O) groups excluding carboxylic acids is 1. The van der Waals surface area contributed by atoms with Crippen LogP contribution in [0.5, 0.6) is 0 Å². The van der Waals surface area contributed by atoms with E-state index < -0.39 is 18.3 Å². The maximum Gasteiger partial charge on any atom is 0.305 e. The number of hydrogen-bond acceptors (Lipinski definition) is 5. The molecular weight excluding hydrogens is 387 g/mol. The smallest absolute Gasteiger partial charge is 0.305 e. The van der Waals surface area contributed by atoms with E-state index in [1.807, 2.05) is 0 Å². The number of benzene rings is 1. The van der Waals surface area contributed by atoms with Crippen molar-refractivity contribution in [2.75, 3.05) is 7.11 Å². The first kappa shape index (κ1) is 24.3. The van der Waals surface area contributed by atoms with Gasteiger partial charge in [-0.3, -0.25) is 4.79 Å². The summed E-state index contributed by atoms with van der Waals surface area (Å²) in [6.45, 7) is 0. The van der Waals surface area contributed by atoms with Crippen molar-refractivity contribution in [2.45, 2.75) is 76.1 Å². The number of halogens is 1. The van der Waals surface area contributed by atoms with E-state index in [0.29, 0.717) is 31.2 Å². The number of hydrogen-bond donors (Lipinski definition) is 3. The lowest BCUT2D eigenvalue weighted by molar-refractivity contribution is -0.140. The van der Waals surface area contributed by atoms with Gasteiger partial charge in [0.2, 0.25) is 0 Å². The minimum Gasteiger partial charge on any atom is -0.469 e. The second kappa shape index (κ2) is 12.7. The fraction of sp³-hybridized carbons (Fsp3) is 0.625. The Morgan fingerprint density at radius 1 is 1.17 bits per heavy atom. The van der Waals surface area contributed by atoms with Gasteiger partial charge in [-0.2, -0.15) is 0 Å². The molecule has 0 radical (unpaired) electrons. The van der Waals surface area contributed by atoms with Gasteiger partial charge >= 0.3 is 5.97 Å². The number of carbonyl (C=O) groups is 1. The molecule has 0 spiro atoms. The van der Waals surface area contributed by atoms with Crippen LogP contribution in [-0.4, -0.2) is 46.7 Å². The standard InChI is InChI=1S/C24H33FO5/c1-30-24(29)10-5-3-2-4-9-20-21(23(28)16-22(20)27)14-13-19(26)12-11-17-7-6-8-18(25)15-17/h6-8,15,19-23,26-28H,2-5,9-10,13-14,16H2,1H3/t19?,20-,21-,22+,23-/m1/s1. The summed E-state index contributed by atoms with van der Waals surface area (Å²) in [6, 6.07) is 5.91. The molecule has 1 aliphatic rings. The minimum atomic E-state index is -0.864. The molecule has 5 nitrogen and oxygen atoms in total. The van der Waals surface area contributed by atoms with Crippen molar-refractivity contribution < 1.29 is 29.2 Å². The molecule has 30 heavy (non-hydrogen) atoms. The lowest BCUT2D eigenvalue weighted by Gasteiger charge is -2.24. The molecule has 1 unspecified atom stereocenters. The average Bonchev–Trinajstić information content (AvgIpc) is 2.99. The Labute approximate surface area is 178 Å². The predicted molar refractivity (Wildman–Crippen MR) is 112 cm³/mol. The van der Waals surface area contributed by atoms with Crippen molar-refractivity contribution in [1.29, 1.82) is 0 Å². The summed E-state index contributed by atoms with van der Waals surface area (Å²) in [4.78, 5) is 11.1. The Bertz CT molecular complexity index is 726. The van der Waals surface area contributed by atoms with Crippen LogP contribution in [0.4, 0.5) is 4.39 Å². The van der Waals surface area contributed by atoms with Crippen molar-refractivity contribution >= 4 is 5.97 Å². The Morgan fingerprint density at radius 2 is 1.87 bits per heavy atom. The van der Waals surface area contributed by atoms with Gasteiger partial charge in [-0.05, 0) is 62.1 Å². The van der Waals surface area contributed by atoms with E-state index in [9.17, 15) is 24.5 Å². The number of aliphatic hydroxyl groups excluding tert-OH is 3. The normalized spacial score (nSPS) is 24.2. The fourth-order valence-electron chi connectivity index (χ4n) is 4.24. The second-order valence-corrected chi connectivity index (χ2v) is 8.10.